The molecule has 1 aromatic heterocycles. The van der Waals surface area contributed by atoms with Crippen LogP contribution in [0.4, 0.5) is 0 Å². The van der Waals surface area contributed by atoms with Crippen molar-refractivity contribution in [3.05, 3.63) is 52.8 Å². The van der Waals surface area contributed by atoms with E-state index in [2.05, 4.69) is 20.9 Å². The molecule has 0 aliphatic carbocycles. The van der Waals surface area contributed by atoms with E-state index in [0.717, 1.165) is 4.47 Å². The Morgan fingerprint density at radius 1 is 1.24 bits per heavy atom. The van der Waals surface area contributed by atoms with Crippen molar-refractivity contribution in [1.82, 2.24) is 4.98 Å². The molecule has 0 fully saturated rings. The van der Waals surface area contributed by atoms with Crippen LogP contribution >= 0.6 is 15.9 Å². The summed E-state index contributed by atoms with van der Waals surface area (Å²) in [4.78, 5) is 15.0. The third kappa shape index (κ3) is 3.04. The first-order valence-electron chi connectivity index (χ1n) is 4.83. The Morgan fingerprint density at radius 3 is 2.76 bits per heavy atom. The zero-order valence-electron chi connectivity index (χ0n) is 8.76. The molecule has 2 aromatic rings. The SMILES string of the molecule is NC(=O)c1cccc(Oc2cncc(Br)c2)c1. The summed E-state index contributed by atoms with van der Waals surface area (Å²) in [5.41, 5.74) is 5.59. The van der Waals surface area contributed by atoms with Gasteiger partial charge in [0.25, 0.3) is 0 Å². The summed E-state index contributed by atoms with van der Waals surface area (Å²) in [6.07, 6.45) is 3.24. The number of pyridine rings is 1. The van der Waals surface area contributed by atoms with Crippen LogP contribution in [0.15, 0.2) is 47.2 Å². The zero-order valence-corrected chi connectivity index (χ0v) is 10.3. The molecular formula is C12H9BrN2O2. The molecule has 0 aliphatic heterocycles. The van der Waals surface area contributed by atoms with Crippen LogP contribution < -0.4 is 10.5 Å². The van der Waals surface area contributed by atoms with Crippen LogP contribution in [0.1, 0.15) is 10.4 Å². The van der Waals surface area contributed by atoms with Gasteiger partial charge in [-0.25, -0.2) is 0 Å². The number of rotatable bonds is 3. The standard InChI is InChI=1S/C12H9BrN2O2/c13-9-5-11(7-15-6-9)17-10-3-1-2-8(4-10)12(14)16/h1-7H,(H2,14,16). The summed E-state index contributed by atoms with van der Waals surface area (Å²) in [6.45, 7) is 0. The van der Waals surface area contributed by atoms with Gasteiger partial charge in [0, 0.05) is 16.2 Å². The van der Waals surface area contributed by atoms with Crippen LogP contribution in [-0.2, 0) is 0 Å². The van der Waals surface area contributed by atoms with Crippen LogP contribution in [0.5, 0.6) is 11.5 Å². The average molecular weight is 293 g/mol. The Hall–Kier alpha value is -1.88. The van der Waals surface area contributed by atoms with Gasteiger partial charge in [0.1, 0.15) is 11.5 Å². The maximum absolute atomic E-state index is 11.0. The molecule has 0 radical (unpaired) electrons. The molecule has 0 aliphatic rings. The number of halogens is 1. The molecule has 0 bridgehead atoms. The van der Waals surface area contributed by atoms with Crippen molar-refractivity contribution in [3.8, 4) is 11.5 Å². The predicted octanol–water partition coefficient (Wildman–Crippen LogP) is 2.74. The maximum atomic E-state index is 11.0. The first-order valence-corrected chi connectivity index (χ1v) is 5.63. The van der Waals surface area contributed by atoms with E-state index < -0.39 is 5.91 Å². The zero-order chi connectivity index (χ0) is 12.3. The molecule has 0 saturated carbocycles. The monoisotopic (exact) mass is 292 g/mol. The van der Waals surface area contributed by atoms with Crippen LogP contribution in [0.2, 0.25) is 0 Å². The first-order chi connectivity index (χ1) is 8.15. The number of amides is 1. The second-order valence-corrected chi connectivity index (χ2v) is 4.25. The van der Waals surface area contributed by atoms with E-state index in [9.17, 15) is 4.79 Å². The molecule has 0 spiro atoms. The number of carbonyl (C=O) groups excluding carboxylic acids is 1. The fraction of sp³-hybridized carbons (Fsp3) is 0. The normalized spacial score (nSPS) is 9.94. The van der Waals surface area contributed by atoms with E-state index in [1.165, 1.54) is 0 Å². The second-order valence-electron chi connectivity index (χ2n) is 3.33. The highest BCUT2D eigenvalue weighted by molar-refractivity contribution is 9.10. The van der Waals surface area contributed by atoms with E-state index >= 15 is 0 Å². The molecular weight excluding hydrogens is 284 g/mol. The van der Waals surface area contributed by atoms with Crippen LogP contribution in [0, 0.1) is 0 Å². The van der Waals surface area contributed by atoms with Gasteiger partial charge in [0.2, 0.25) is 5.91 Å². The topological polar surface area (TPSA) is 65.2 Å². The minimum absolute atomic E-state index is 0.408. The highest BCUT2D eigenvalue weighted by Crippen LogP contribution is 2.23. The minimum Gasteiger partial charge on any atom is -0.456 e. The Kier molecular flexibility index (Phi) is 3.39. The van der Waals surface area contributed by atoms with Gasteiger partial charge >= 0.3 is 0 Å². The number of aromatic nitrogens is 1. The summed E-state index contributed by atoms with van der Waals surface area (Å²) in [7, 11) is 0. The van der Waals surface area contributed by atoms with Gasteiger partial charge in [-0.1, -0.05) is 6.07 Å². The molecule has 5 heteroatoms. The summed E-state index contributed by atoms with van der Waals surface area (Å²) >= 11 is 3.30. The first kappa shape index (κ1) is 11.6. The van der Waals surface area contributed by atoms with Gasteiger partial charge in [0.05, 0.1) is 6.20 Å². The molecule has 1 heterocycles. The van der Waals surface area contributed by atoms with E-state index in [1.807, 2.05) is 0 Å². The van der Waals surface area contributed by atoms with Crippen molar-refractivity contribution in [2.75, 3.05) is 0 Å². The van der Waals surface area contributed by atoms with Crippen LogP contribution in [0.25, 0.3) is 0 Å². The van der Waals surface area contributed by atoms with E-state index in [4.69, 9.17) is 10.5 Å². The number of ether oxygens (including phenoxy) is 1. The third-order valence-electron chi connectivity index (χ3n) is 2.03. The Balaban J connectivity index is 2.24. The highest BCUT2D eigenvalue weighted by atomic mass is 79.9. The van der Waals surface area contributed by atoms with E-state index in [-0.39, 0.29) is 0 Å². The Morgan fingerprint density at radius 2 is 2.06 bits per heavy atom. The van der Waals surface area contributed by atoms with Crippen molar-refractivity contribution in [2.24, 2.45) is 5.73 Å². The van der Waals surface area contributed by atoms with Crippen LogP contribution in [0.3, 0.4) is 0 Å². The Labute approximate surface area is 107 Å². The fourth-order valence-corrected chi connectivity index (χ4v) is 1.64. The van der Waals surface area contributed by atoms with Crippen molar-refractivity contribution in [1.29, 1.82) is 0 Å². The molecule has 86 valence electrons. The number of nitrogens with zero attached hydrogens (tertiary/aromatic N) is 1. The molecule has 1 amide bonds. The van der Waals surface area contributed by atoms with Crippen molar-refractivity contribution >= 4 is 21.8 Å². The van der Waals surface area contributed by atoms with Crippen molar-refractivity contribution in [2.45, 2.75) is 0 Å². The average Bonchev–Trinajstić information content (AvgIpc) is 2.29. The Bertz CT molecular complexity index is 558. The lowest BCUT2D eigenvalue weighted by molar-refractivity contribution is 0.1000. The second kappa shape index (κ2) is 4.97. The fourth-order valence-electron chi connectivity index (χ4n) is 1.30. The number of carbonyl (C=O) groups is 1. The van der Waals surface area contributed by atoms with Crippen molar-refractivity contribution in [3.63, 3.8) is 0 Å². The number of nitrogens with two attached hydrogens (primary N) is 1. The minimum atomic E-state index is -0.484. The van der Waals surface area contributed by atoms with E-state index in [0.29, 0.717) is 17.1 Å². The third-order valence-corrected chi connectivity index (χ3v) is 2.47. The number of benzene rings is 1. The molecule has 2 rings (SSSR count). The number of primary amides is 1. The lowest BCUT2D eigenvalue weighted by Crippen LogP contribution is -2.10. The van der Waals surface area contributed by atoms with Crippen molar-refractivity contribution < 1.29 is 9.53 Å². The summed E-state index contributed by atoms with van der Waals surface area (Å²) in [5, 5.41) is 0. The smallest absolute Gasteiger partial charge is 0.248 e. The largest absolute Gasteiger partial charge is 0.456 e. The van der Waals surface area contributed by atoms with Gasteiger partial charge in [-0.15, -0.1) is 0 Å². The molecule has 17 heavy (non-hydrogen) atoms. The highest BCUT2D eigenvalue weighted by Gasteiger charge is 2.03. The molecule has 1 aromatic carbocycles. The molecule has 0 unspecified atom stereocenters. The maximum Gasteiger partial charge on any atom is 0.248 e. The van der Waals surface area contributed by atoms with Gasteiger partial charge in [0.15, 0.2) is 0 Å². The van der Waals surface area contributed by atoms with E-state index in [1.54, 1.807) is 42.7 Å². The lowest BCUT2D eigenvalue weighted by Gasteiger charge is -2.06. The van der Waals surface area contributed by atoms with Crippen LogP contribution in [-0.4, -0.2) is 10.9 Å². The predicted molar refractivity (Wildman–Crippen MR) is 67.0 cm³/mol. The molecule has 0 atom stereocenters. The number of hydrogen-bond donors (Lipinski definition) is 1. The molecule has 4 nitrogen and oxygen atoms in total. The van der Waals surface area contributed by atoms with Gasteiger partial charge in [-0.05, 0) is 40.2 Å². The summed E-state index contributed by atoms with van der Waals surface area (Å²) in [5.74, 6) is 0.644. The summed E-state index contributed by atoms with van der Waals surface area (Å²) < 4.78 is 6.37. The van der Waals surface area contributed by atoms with Gasteiger partial charge in [-0.3, -0.25) is 9.78 Å². The van der Waals surface area contributed by atoms with Gasteiger partial charge in [-0.2, -0.15) is 0 Å². The quantitative estimate of drug-likeness (QED) is 0.946. The van der Waals surface area contributed by atoms with Gasteiger partial charge < -0.3 is 10.5 Å². The summed E-state index contributed by atoms with van der Waals surface area (Å²) in [6, 6.07) is 8.45. The number of hydrogen-bond acceptors (Lipinski definition) is 3. The molecule has 0 saturated heterocycles. The molecule has 2 N–H and O–H groups in total. The lowest BCUT2D eigenvalue weighted by atomic mass is 10.2.